The Morgan fingerprint density at radius 3 is 2.55 bits per heavy atom. The van der Waals surface area contributed by atoms with E-state index in [1.807, 2.05) is 48.5 Å². The van der Waals surface area contributed by atoms with Gasteiger partial charge < -0.3 is 18.6 Å². The molecule has 7 nitrogen and oxygen atoms in total. The molecule has 1 atom stereocenters. The number of aromatic nitrogens is 2. The summed E-state index contributed by atoms with van der Waals surface area (Å²) in [5, 5.41) is 11.6. The van der Waals surface area contributed by atoms with E-state index < -0.39 is 0 Å². The summed E-state index contributed by atoms with van der Waals surface area (Å²) in [5.41, 5.74) is 1.63. The summed E-state index contributed by atoms with van der Waals surface area (Å²) in [5.74, 6) is 2.21. The average Bonchev–Trinajstić information content (AvgIpc) is 3.51. The summed E-state index contributed by atoms with van der Waals surface area (Å²) in [6, 6.07) is 15.3. The molecule has 0 amide bonds. The molecule has 1 aliphatic heterocycles. The topological polar surface area (TPSA) is 79.0 Å². The van der Waals surface area contributed by atoms with Crippen molar-refractivity contribution in [3.05, 3.63) is 58.9 Å². The Bertz CT molecular complexity index is 1270. The first-order valence-electron chi connectivity index (χ1n) is 9.99. The van der Waals surface area contributed by atoms with E-state index in [-0.39, 0.29) is 6.10 Å². The third-order valence-electron chi connectivity index (χ3n) is 5.18. The molecule has 1 aliphatic rings. The molecule has 1 saturated heterocycles. The first-order valence-corrected chi connectivity index (χ1v) is 10.8. The van der Waals surface area contributed by atoms with Gasteiger partial charge in [-0.05, 0) is 55.3 Å². The summed E-state index contributed by atoms with van der Waals surface area (Å²) in [4.78, 5) is 4.81. The normalized spacial score (nSPS) is 16.7. The molecule has 1 fully saturated rings. The van der Waals surface area contributed by atoms with Crippen LogP contribution >= 0.6 is 11.3 Å². The highest BCUT2D eigenvalue weighted by atomic mass is 32.1. The Labute approximate surface area is 182 Å². The second-order valence-electron chi connectivity index (χ2n) is 7.12. The van der Waals surface area contributed by atoms with Crippen LogP contribution in [0.3, 0.4) is 0 Å². The molecule has 0 saturated carbocycles. The third kappa shape index (κ3) is 4.04. The predicted molar refractivity (Wildman–Crippen MR) is 118 cm³/mol. The molecule has 158 valence electrons. The highest BCUT2D eigenvalue weighted by molar-refractivity contribution is 7.15. The zero-order chi connectivity index (χ0) is 21.2. The molecular formula is C23H21N3O4S. The van der Waals surface area contributed by atoms with Crippen LogP contribution in [0, 0.1) is 0 Å². The van der Waals surface area contributed by atoms with E-state index in [1.54, 1.807) is 14.2 Å². The molecule has 8 heteroatoms. The van der Waals surface area contributed by atoms with Gasteiger partial charge in [-0.1, -0.05) is 11.3 Å². The Morgan fingerprint density at radius 1 is 1.00 bits per heavy atom. The first kappa shape index (κ1) is 19.7. The summed E-state index contributed by atoms with van der Waals surface area (Å²) in [7, 11) is 3.28. The molecule has 0 aliphatic carbocycles. The van der Waals surface area contributed by atoms with Crippen molar-refractivity contribution in [2.75, 3.05) is 20.8 Å². The molecule has 1 unspecified atom stereocenters. The van der Waals surface area contributed by atoms with Crippen molar-refractivity contribution < 1.29 is 18.6 Å². The SMILES string of the molecule is COc1ccc(-c2c/c(=N\c3nnc(C4CCCO4)s3)c3cc(OC)ccc3o2)cc1. The van der Waals surface area contributed by atoms with Crippen LogP contribution in [0.1, 0.15) is 24.0 Å². The number of rotatable bonds is 5. The lowest BCUT2D eigenvalue weighted by molar-refractivity contribution is 0.111. The van der Waals surface area contributed by atoms with E-state index in [1.165, 1.54) is 11.3 Å². The molecule has 31 heavy (non-hydrogen) atoms. The number of nitrogens with zero attached hydrogens (tertiary/aromatic N) is 3. The van der Waals surface area contributed by atoms with Crippen LogP contribution in [-0.2, 0) is 4.74 Å². The van der Waals surface area contributed by atoms with Crippen molar-refractivity contribution in [1.82, 2.24) is 10.2 Å². The van der Waals surface area contributed by atoms with E-state index >= 15 is 0 Å². The Hall–Kier alpha value is -3.23. The largest absolute Gasteiger partial charge is 0.497 e. The minimum Gasteiger partial charge on any atom is -0.497 e. The van der Waals surface area contributed by atoms with Gasteiger partial charge in [0.1, 0.15) is 34.0 Å². The second-order valence-corrected chi connectivity index (χ2v) is 8.11. The van der Waals surface area contributed by atoms with Crippen molar-refractivity contribution in [2.24, 2.45) is 4.99 Å². The number of hydrogen-bond donors (Lipinski definition) is 0. The highest BCUT2D eigenvalue weighted by Gasteiger charge is 2.21. The van der Waals surface area contributed by atoms with E-state index in [0.717, 1.165) is 52.3 Å². The Kier molecular flexibility index (Phi) is 5.40. The molecule has 3 heterocycles. The monoisotopic (exact) mass is 435 g/mol. The van der Waals surface area contributed by atoms with Gasteiger partial charge in [-0.25, -0.2) is 4.99 Å². The maximum atomic E-state index is 6.18. The zero-order valence-electron chi connectivity index (χ0n) is 17.2. The average molecular weight is 436 g/mol. The summed E-state index contributed by atoms with van der Waals surface area (Å²) in [6.45, 7) is 0.770. The van der Waals surface area contributed by atoms with E-state index in [4.69, 9.17) is 23.6 Å². The quantitative estimate of drug-likeness (QED) is 0.436. The maximum Gasteiger partial charge on any atom is 0.232 e. The third-order valence-corrected chi connectivity index (χ3v) is 6.09. The molecule has 4 aromatic rings. The molecule has 5 rings (SSSR count). The lowest BCUT2D eigenvalue weighted by atomic mass is 10.1. The van der Waals surface area contributed by atoms with Crippen molar-refractivity contribution in [1.29, 1.82) is 0 Å². The molecule has 0 N–H and O–H groups in total. The van der Waals surface area contributed by atoms with E-state index in [9.17, 15) is 0 Å². The fourth-order valence-electron chi connectivity index (χ4n) is 3.54. The van der Waals surface area contributed by atoms with Gasteiger partial charge in [0.25, 0.3) is 0 Å². The minimum atomic E-state index is 0.0268. The first-order chi connectivity index (χ1) is 15.2. The van der Waals surface area contributed by atoms with E-state index in [2.05, 4.69) is 10.2 Å². The highest BCUT2D eigenvalue weighted by Crippen LogP contribution is 2.33. The summed E-state index contributed by atoms with van der Waals surface area (Å²) in [6.07, 6.45) is 2.05. The number of benzene rings is 2. The lowest BCUT2D eigenvalue weighted by Gasteiger charge is -2.07. The van der Waals surface area contributed by atoms with Gasteiger partial charge in [0.15, 0.2) is 0 Å². The minimum absolute atomic E-state index is 0.0268. The summed E-state index contributed by atoms with van der Waals surface area (Å²) >= 11 is 1.46. The van der Waals surface area contributed by atoms with Gasteiger partial charge in [-0.15, -0.1) is 10.2 Å². The van der Waals surface area contributed by atoms with Crippen molar-refractivity contribution in [3.63, 3.8) is 0 Å². The van der Waals surface area contributed by atoms with Crippen LogP contribution in [0.15, 0.2) is 57.9 Å². The van der Waals surface area contributed by atoms with Gasteiger partial charge in [0.2, 0.25) is 5.13 Å². The van der Waals surface area contributed by atoms with Crippen LogP contribution in [0.25, 0.3) is 22.3 Å². The predicted octanol–water partition coefficient (Wildman–Crippen LogP) is 5.05. The molecule has 0 spiro atoms. The molecule has 2 aromatic carbocycles. The standard InChI is InChI=1S/C23H21N3O4S/c1-27-15-7-5-14(6-8-15)21-13-18(17-12-16(28-2)9-10-19(17)30-21)24-23-26-25-22(31-23)20-4-3-11-29-20/h5-10,12-13,20H,3-4,11H2,1-2H3/b24-18+. The molecule has 0 radical (unpaired) electrons. The maximum absolute atomic E-state index is 6.18. The molecular weight excluding hydrogens is 414 g/mol. The zero-order valence-corrected chi connectivity index (χ0v) is 18.0. The van der Waals surface area contributed by atoms with Crippen LogP contribution in [0.2, 0.25) is 0 Å². The van der Waals surface area contributed by atoms with Gasteiger partial charge in [0, 0.05) is 23.6 Å². The van der Waals surface area contributed by atoms with Gasteiger partial charge in [-0.2, -0.15) is 0 Å². The molecule has 0 bridgehead atoms. The van der Waals surface area contributed by atoms with Crippen molar-refractivity contribution in [3.8, 4) is 22.8 Å². The van der Waals surface area contributed by atoms with Gasteiger partial charge in [-0.3, -0.25) is 0 Å². The number of fused-ring (bicyclic) bond motifs is 1. The fourth-order valence-corrected chi connectivity index (χ4v) is 4.35. The van der Waals surface area contributed by atoms with Crippen LogP contribution in [0.5, 0.6) is 11.5 Å². The van der Waals surface area contributed by atoms with Crippen molar-refractivity contribution in [2.45, 2.75) is 18.9 Å². The smallest absolute Gasteiger partial charge is 0.232 e. The summed E-state index contributed by atoms with van der Waals surface area (Å²) < 4.78 is 22.6. The number of methoxy groups -OCH3 is 2. The number of ether oxygens (including phenoxy) is 3. The van der Waals surface area contributed by atoms with E-state index in [0.29, 0.717) is 16.5 Å². The molecule has 2 aromatic heterocycles. The Morgan fingerprint density at radius 2 is 1.81 bits per heavy atom. The van der Waals surface area contributed by atoms with Crippen LogP contribution < -0.4 is 14.8 Å². The van der Waals surface area contributed by atoms with Gasteiger partial charge >= 0.3 is 0 Å². The lowest BCUT2D eigenvalue weighted by Crippen LogP contribution is -2.03. The Balaban J connectivity index is 1.64. The van der Waals surface area contributed by atoms with Crippen molar-refractivity contribution >= 4 is 27.4 Å². The number of hydrogen-bond acceptors (Lipinski definition) is 8. The van der Waals surface area contributed by atoms with Gasteiger partial charge in [0.05, 0.1) is 19.6 Å². The van der Waals surface area contributed by atoms with Crippen LogP contribution in [-0.4, -0.2) is 31.0 Å². The second kappa shape index (κ2) is 8.49. The fraction of sp³-hybridized carbons (Fsp3) is 0.261. The van der Waals surface area contributed by atoms with Crippen LogP contribution in [0.4, 0.5) is 5.13 Å².